The van der Waals surface area contributed by atoms with Crippen molar-refractivity contribution < 1.29 is 17.9 Å². The zero-order valence-electron chi connectivity index (χ0n) is 11.3. The molecule has 1 aliphatic rings. The third kappa shape index (κ3) is 2.79. The number of hydrogen-bond acceptors (Lipinski definition) is 4. The summed E-state index contributed by atoms with van der Waals surface area (Å²) < 4.78 is 39.9. The Morgan fingerprint density at radius 2 is 2.00 bits per heavy atom. The number of benzene rings is 1. The Morgan fingerprint density at radius 1 is 1.40 bits per heavy atom. The number of nitrogen functional groups attached to an aromatic ring is 1. The van der Waals surface area contributed by atoms with Gasteiger partial charge in [-0.15, -0.1) is 0 Å². The van der Waals surface area contributed by atoms with Gasteiger partial charge >= 0.3 is 0 Å². The molecular formula is C13H19FN2O3S. The van der Waals surface area contributed by atoms with Crippen LogP contribution in [0.1, 0.15) is 18.4 Å². The molecule has 1 heterocycles. The number of piperidine rings is 1. The van der Waals surface area contributed by atoms with Crippen molar-refractivity contribution in [3.05, 3.63) is 23.5 Å². The molecule has 1 aliphatic heterocycles. The number of hydrogen-bond donors (Lipinski definition) is 2. The van der Waals surface area contributed by atoms with E-state index in [1.165, 1.54) is 17.3 Å². The molecule has 1 fully saturated rings. The van der Waals surface area contributed by atoms with Crippen LogP contribution in [0.15, 0.2) is 17.0 Å². The highest BCUT2D eigenvalue weighted by Crippen LogP contribution is 2.27. The third-order valence-electron chi connectivity index (χ3n) is 3.83. The SMILES string of the molecule is Cc1c(N)cc(S(=O)(=O)N2CCC(CO)CC2)cc1F. The van der Waals surface area contributed by atoms with E-state index in [0.29, 0.717) is 25.9 Å². The van der Waals surface area contributed by atoms with E-state index in [1.807, 2.05) is 0 Å². The highest BCUT2D eigenvalue weighted by Gasteiger charge is 2.29. The van der Waals surface area contributed by atoms with Gasteiger partial charge in [-0.3, -0.25) is 0 Å². The molecule has 5 nitrogen and oxygen atoms in total. The van der Waals surface area contributed by atoms with Crippen molar-refractivity contribution in [2.45, 2.75) is 24.7 Å². The number of sulfonamides is 1. The summed E-state index contributed by atoms with van der Waals surface area (Å²) in [5, 5.41) is 9.07. The van der Waals surface area contributed by atoms with E-state index in [2.05, 4.69) is 0 Å². The smallest absolute Gasteiger partial charge is 0.243 e. The summed E-state index contributed by atoms with van der Waals surface area (Å²) in [6, 6.07) is 2.31. The number of halogens is 1. The van der Waals surface area contributed by atoms with Gasteiger partial charge in [0, 0.05) is 30.9 Å². The first kappa shape index (κ1) is 15.2. The van der Waals surface area contributed by atoms with Crippen molar-refractivity contribution in [1.29, 1.82) is 0 Å². The molecule has 2 rings (SSSR count). The Kier molecular flexibility index (Phi) is 4.31. The minimum atomic E-state index is -3.72. The van der Waals surface area contributed by atoms with Crippen LogP contribution in [-0.4, -0.2) is 37.5 Å². The van der Waals surface area contributed by atoms with Crippen molar-refractivity contribution in [1.82, 2.24) is 4.31 Å². The van der Waals surface area contributed by atoms with Crippen molar-refractivity contribution in [3.63, 3.8) is 0 Å². The molecule has 0 spiro atoms. The first-order valence-corrected chi connectivity index (χ1v) is 7.97. The highest BCUT2D eigenvalue weighted by molar-refractivity contribution is 7.89. The van der Waals surface area contributed by atoms with Gasteiger partial charge in [-0.2, -0.15) is 4.31 Å². The second-order valence-corrected chi connectivity index (χ2v) is 7.09. The van der Waals surface area contributed by atoms with Crippen molar-refractivity contribution in [3.8, 4) is 0 Å². The molecule has 0 radical (unpaired) electrons. The molecular weight excluding hydrogens is 283 g/mol. The van der Waals surface area contributed by atoms with Gasteiger partial charge in [0.1, 0.15) is 5.82 Å². The number of aliphatic hydroxyl groups excluding tert-OH is 1. The van der Waals surface area contributed by atoms with Crippen LogP contribution in [0.5, 0.6) is 0 Å². The molecule has 0 amide bonds. The number of anilines is 1. The third-order valence-corrected chi connectivity index (χ3v) is 5.70. The molecule has 0 bridgehead atoms. The van der Waals surface area contributed by atoms with Crippen LogP contribution >= 0.6 is 0 Å². The highest BCUT2D eigenvalue weighted by atomic mass is 32.2. The number of nitrogens with two attached hydrogens (primary N) is 1. The summed E-state index contributed by atoms with van der Waals surface area (Å²) in [6.07, 6.45) is 1.22. The summed E-state index contributed by atoms with van der Waals surface area (Å²) in [4.78, 5) is -0.111. The lowest BCUT2D eigenvalue weighted by molar-refractivity contribution is 0.170. The molecule has 1 saturated heterocycles. The maximum atomic E-state index is 13.7. The second kappa shape index (κ2) is 5.67. The standard InChI is InChI=1S/C13H19FN2O3S/c1-9-12(14)6-11(7-13(9)15)20(18,19)16-4-2-10(8-17)3-5-16/h6-7,10,17H,2-5,8,15H2,1H3. The van der Waals surface area contributed by atoms with Gasteiger partial charge < -0.3 is 10.8 Å². The summed E-state index contributed by atoms with van der Waals surface area (Å²) in [7, 11) is -3.72. The molecule has 1 aromatic carbocycles. The second-order valence-electron chi connectivity index (χ2n) is 5.15. The Bertz CT molecular complexity index is 573. The average Bonchev–Trinajstić information content (AvgIpc) is 2.44. The molecule has 1 aromatic rings. The van der Waals surface area contributed by atoms with Crippen molar-refractivity contribution in [2.75, 3.05) is 25.4 Å². The number of nitrogens with zero attached hydrogens (tertiary/aromatic N) is 1. The fraction of sp³-hybridized carbons (Fsp3) is 0.538. The van der Waals surface area contributed by atoms with E-state index in [9.17, 15) is 12.8 Å². The van der Waals surface area contributed by atoms with Crippen LogP contribution < -0.4 is 5.73 Å². The number of rotatable bonds is 3. The van der Waals surface area contributed by atoms with E-state index in [0.717, 1.165) is 6.07 Å². The lowest BCUT2D eigenvalue weighted by Crippen LogP contribution is -2.39. The normalized spacial score (nSPS) is 18.4. The molecule has 3 N–H and O–H groups in total. The predicted molar refractivity (Wildman–Crippen MR) is 74.1 cm³/mol. The molecule has 0 unspecified atom stereocenters. The fourth-order valence-electron chi connectivity index (χ4n) is 2.30. The van der Waals surface area contributed by atoms with Crippen LogP contribution in [0.4, 0.5) is 10.1 Å². The topological polar surface area (TPSA) is 83.6 Å². The summed E-state index contributed by atoms with van der Waals surface area (Å²) >= 11 is 0. The zero-order chi connectivity index (χ0) is 14.9. The Balaban J connectivity index is 2.27. The average molecular weight is 302 g/mol. The van der Waals surface area contributed by atoms with E-state index < -0.39 is 15.8 Å². The van der Waals surface area contributed by atoms with E-state index in [1.54, 1.807) is 0 Å². The minimum Gasteiger partial charge on any atom is -0.398 e. The Morgan fingerprint density at radius 3 is 2.50 bits per heavy atom. The number of aliphatic hydroxyl groups is 1. The largest absolute Gasteiger partial charge is 0.398 e. The minimum absolute atomic E-state index is 0.0694. The molecule has 112 valence electrons. The van der Waals surface area contributed by atoms with Crippen LogP contribution in [0.25, 0.3) is 0 Å². The van der Waals surface area contributed by atoms with E-state index in [4.69, 9.17) is 10.8 Å². The van der Waals surface area contributed by atoms with Gasteiger partial charge in [0.25, 0.3) is 0 Å². The van der Waals surface area contributed by atoms with E-state index >= 15 is 0 Å². The maximum absolute atomic E-state index is 13.7. The molecule has 0 aromatic heterocycles. The summed E-state index contributed by atoms with van der Waals surface area (Å²) in [5.41, 5.74) is 6.02. The maximum Gasteiger partial charge on any atom is 0.243 e. The molecule has 0 saturated carbocycles. The summed E-state index contributed by atoms with van der Waals surface area (Å²) in [5.74, 6) is -0.477. The predicted octanol–water partition coefficient (Wildman–Crippen LogP) is 1.11. The van der Waals surface area contributed by atoms with Gasteiger partial charge in [0.15, 0.2) is 0 Å². The molecule has 0 atom stereocenters. The Hall–Kier alpha value is -1.18. The lowest BCUT2D eigenvalue weighted by Gasteiger charge is -2.30. The van der Waals surface area contributed by atoms with Crippen LogP contribution in [-0.2, 0) is 10.0 Å². The van der Waals surface area contributed by atoms with Crippen molar-refractivity contribution in [2.24, 2.45) is 5.92 Å². The lowest BCUT2D eigenvalue weighted by atomic mass is 10.00. The van der Waals surface area contributed by atoms with Crippen LogP contribution in [0.3, 0.4) is 0 Å². The monoisotopic (exact) mass is 302 g/mol. The molecule has 7 heteroatoms. The van der Waals surface area contributed by atoms with Gasteiger partial charge in [0.05, 0.1) is 4.90 Å². The zero-order valence-corrected chi connectivity index (χ0v) is 12.2. The van der Waals surface area contributed by atoms with Gasteiger partial charge in [-0.25, -0.2) is 12.8 Å². The fourth-order valence-corrected chi connectivity index (χ4v) is 3.82. The quantitative estimate of drug-likeness (QED) is 0.819. The molecule has 0 aliphatic carbocycles. The Labute approximate surface area is 118 Å². The van der Waals surface area contributed by atoms with Gasteiger partial charge in [0.2, 0.25) is 10.0 Å². The van der Waals surface area contributed by atoms with Crippen LogP contribution in [0.2, 0.25) is 0 Å². The summed E-state index contributed by atoms with van der Waals surface area (Å²) in [6.45, 7) is 2.25. The van der Waals surface area contributed by atoms with Crippen molar-refractivity contribution >= 4 is 15.7 Å². The van der Waals surface area contributed by atoms with Crippen LogP contribution in [0, 0.1) is 18.7 Å². The molecule has 20 heavy (non-hydrogen) atoms. The first-order chi connectivity index (χ1) is 9.36. The first-order valence-electron chi connectivity index (χ1n) is 6.53. The van der Waals surface area contributed by atoms with Gasteiger partial charge in [-0.1, -0.05) is 0 Å². The van der Waals surface area contributed by atoms with E-state index in [-0.39, 0.29) is 28.7 Å². The van der Waals surface area contributed by atoms with Gasteiger partial charge in [-0.05, 0) is 37.8 Å².